The van der Waals surface area contributed by atoms with Gasteiger partial charge in [-0.15, -0.1) is 11.3 Å². The molecule has 0 spiro atoms. The summed E-state index contributed by atoms with van der Waals surface area (Å²) >= 11 is 14.3. The number of halogens is 3. The molecule has 140 valence electrons. The number of fused-ring (bicyclic) bond motifs is 1. The van der Waals surface area contributed by atoms with Gasteiger partial charge in [-0.05, 0) is 17.9 Å². The number of hydrogen-bond donors (Lipinski definition) is 2. The largest absolute Gasteiger partial charge is 0.494 e. The van der Waals surface area contributed by atoms with Crippen LogP contribution >= 0.6 is 34.5 Å². The first-order valence-corrected chi connectivity index (χ1v) is 9.67. The molecule has 3 heterocycles. The van der Waals surface area contributed by atoms with Crippen molar-refractivity contribution >= 4 is 45.7 Å². The van der Waals surface area contributed by atoms with Crippen molar-refractivity contribution < 1.29 is 9.13 Å². The summed E-state index contributed by atoms with van der Waals surface area (Å²) in [6, 6.07) is 5.70. The third-order valence-electron chi connectivity index (χ3n) is 4.15. The van der Waals surface area contributed by atoms with E-state index in [2.05, 4.69) is 10.4 Å². The summed E-state index contributed by atoms with van der Waals surface area (Å²) in [5, 5.41) is 10.1. The van der Waals surface area contributed by atoms with E-state index in [9.17, 15) is 4.39 Å². The number of ether oxygens (including phenoxy) is 1. The van der Waals surface area contributed by atoms with Crippen molar-refractivity contribution in [2.24, 2.45) is 5.73 Å². The maximum absolute atomic E-state index is 14.4. The minimum absolute atomic E-state index is 0.0865. The van der Waals surface area contributed by atoms with Gasteiger partial charge in [-0.1, -0.05) is 36.2 Å². The summed E-state index contributed by atoms with van der Waals surface area (Å²) in [7, 11) is 1.51. The molecule has 0 saturated carbocycles. The smallest absolute Gasteiger partial charge is 0.163 e. The second-order valence-corrected chi connectivity index (χ2v) is 7.72. The first-order valence-electron chi connectivity index (χ1n) is 8.04. The Bertz CT molecular complexity index is 912. The van der Waals surface area contributed by atoms with Crippen LogP contribution in [0.3, 0.4) is 0 Å². The molecule has 0 saturated heterocycles. The molecule has 0 aliphatic rings. The Morgan fingerprint density at radius 3 is 2.85 bits per heavy atom. The molecule has 26 heavy (non-hydrogen) atoms. The number of hydrogen-bond acceptors (Lipinski definition) is 5. The molecule has 3 aromatic rings. The van der Waals surface area contributed by atoms with Crippen LogP contribution in [0.25, 0.3) is 5.52 Å². The number of nitrogens with zero attached hydrogens (tertiary/aromatic N) is 2. The summed E-state index contributed by atoms with van der Waals surface area (Å²) in [5.74, 6) is -1.45. The Balaban J connectivity index is 2.10. The molecule has 3 rings (SSSR count). The predicted molar refractivity (Wildman–Crippen MR) is 105 cm³/mol. The monoisotopic (exact) mass is 416 g/mol. The van der Waals surface area contributed by atoms with E-state index in [0.29, 0.717) is 29.1 Å². The van der Waals surface area contributed by atoms with E-state index in [0.717, 1.165) is 4.88 Å². The highest BCUT2D eigenvalue weighted by molar-refractivity contribution is 7.09. The Labute approximate surface area is 164 Å². The Morgan fingerprint density at radius 1 is 1.46 bits per heavy atom. The lowest BCUT2D eigenvalue weighted by atomic mass is 10.0. The van der Waals surface area contributed by atoms with Gasteiger partial charge >= 0.3 is 0 Å². The van der Waals surface area contributed by atoms with Crippen molar-refractivity contribution in [2.75, 3.05) is 12.4 Å². The molecule has 0 bridgehead atoms. The van der Waals surface area contributed by atoms with Gasteiger partial charge in [-0.3, -0.25) is 5.73 Å². The van der Waals surface area contributed by atoms with Gasteiger partial charge in [-0.25, -0.2) is 8.91 Å². The molecule has 3 aromatic heterocycles. The molecule has 9 heteroatoms. The number of nitrogens with one attached hydrogen (secondary N) is 1. The summed E-state index contributed by atoms with van der Waals surface area (Å²) < 4.78 is 21.4. The van der Waals surface area contributed by atoms with Crippen LogP contribution in [0.15, 0.2) is 23.6 Å². The molecule has 5 nitrogen and oxygen atoms in total. The van der Waals surface area contributed by atoms with Crippen LogP contribution in [-0.4, -0.2) is 22.5 Å². The molecule has 0 radical (unpaired) electrons. The lowest BCUT2D eigenvalue weighted by Crippen LogP contribution is -2.36. The molecule has 0 amide bonds. The second kappa shape index (κ2) is 7.60. The van der Waals surface area contributed by atoms with E-state index in [1.165, 1.54) is 11.6 Å². The SMILES string of the molecule is CC[C@@](N)(F)Cc1c(OC)c2c(NCc3cccs3)cc(Cl)nn2c1Cl. The fourth-order valence-corrected chi connectivity index (χ4v) is 3.83. The van der Waals surface area contributed by atoms with E-state index in [-0.39, 0.29) is 23.1 Å². The molecule has 0 aromatic carbocycles. The third-order valence-corrected chi connectivity index (χ3v) is 5.60. The zero-order valence-corrected chi connectivity index (χ0v) is 16.7. The Morgan fingerprint density at radius 2 is 2.23 bits per heavy atom. The van der Waals surface area contributed by atoms with Crippen molar-refractivity contribution in [1.29, 1.82) is 0 Å². The highest BCUT2D eigenvalue weighted by Crippen LogP contribution is 2.40. The van der Waals surface area contributed by atoms with Gasteiger partial charge in [0.15, 0.2) is 16.7 Å². The molecule has 0 aliphatic carbocycles. The topological polar surface area (TPSA) is 64.6 Å². The Kier molecular flexibility index (Phi) is 5.62. The Hall–Kier alpha value is -1.54. The van der Waals surface area contributed by atoms with Gasteiger partial charge in [0.2, 0.25) is 0 Å². The van der Waals surface area contributed by atoms with Crippen LogP contribution in [0.4, 0.5) is 10.1 Å². The number of thiophene rings is 1. The molecule has 0 unspecified atom stereocenters. The summed E-state index contributed by atoms with van der Waals surface area (Å²) in [6.07, 6.45) is 0.0627. The van der Waals surface area contributed by atoms with Gasteiger partial charge in [-0.2, -0.15) is 5.10 Å². The third kappa shape index (κ3) is 3.76. The maximum atomic E-state index is 14.4. The fraction of sp³-hybridized carbons (Fsp3) is 0.353. The first kappa shape index (κ1) is 19.2. The second-order valence-electron chi connectivity index (χ2n) is 5.94. The summed E-state index contributed by atoms with van der Waals surface area (Å²) in [4.78, 5) is 1.16. The van der Waals surface area contributed by atoms with Crippen molar-refractivity contribution in [3.05, 3.63) is 44.3 Å². The molecule has 0 fully saturated rings. The number of methoxy groups -OCH3 is 1. The maximum Gasteiger partial charge on any atom is 0.163 e. The number of rotatable bonds is 7. The van der Waals surface area contributed by atoms with E-state index in [1.54, 1.807) is 24.3 Å². The van der Waals surface area contributed by atoms with Crippen LogP contribution in [0.1, 0.15) is 23.8 Å². The van der Waals surface area contributed by atoms with Crippen LogP contribution in [0, 0.1) is 0 Å². The van der Waals surface area contributed by atoms with E-state index < -0.39 is 5.79 Å². The number of nitrogens with two attached hydrogens (primary N) is 1. The highest BCUT2D eigenvalue weighted by Gasteiger charge is 2.30. The van der Waals surface area contributed by atoms with Gasteiger partial charge in [0.05, 0.1) is 12.8 Å². The fourth-order valence-electron chi connectivity index (χ4n) is 2.72. The summed E-state index contributed by atoms with van der Waals surface area (Å²) in [5.41, 5.74) is 7.46. The van der Waals surface area contributed by atoms with Crippen molar-refractivity contribution in [3.8, 4) is 5.75 Å². The van der Waals surface area contributed by atoms with Gasteiger partial charge < -0.3 is 10.1 Å². The van der Waals surface area contributed by atoms with Gasteiger partial charge in [0, 0.05) is 29.5 Å². The summed E-state index contributed by atoms with van der Waals surface area (Å²) in [6.45, 7) is 2.28. The molecule has 0 aliphatic heterocycles. The quantitative estimate of drug-likeness (QED) is 0.537. The predicted octanol–water partition coefficient (Wildman–Crippen LogP) is 4.90. The minimum Gasteiger partial charge on any atom is -0.494 e. The average Bonchev–Trinajstić information content (AvgIpc) is 3.21. The highest BCUT2D eigenvalue weighted by atomic mass is 35.5. The van der Waals surface area contributed by atoms with Crippen molar-refractivity contribution in [1.82, 2.24) is 9.61 Å². The molecule has 3 N–H and O–H groups in total. The van der Waals surface area contributed by atoms with Crippen LogP contribution in [-0.2, 0) is 13.0 Å². The van der Waals surface area contributed by atoms with Crippen LogP contribution in [0.5, 0.6) is 5.75 Å². The number of alkyl halides is 1. The van der Waals surface area contributed by atoms with Crippen LogP contribution in [0.2, 0.25) is 10.3 Å². The number of anilines is 1. The normalized spacial score (nSPS) is 13.8. The van der Waals surface area contributed by atoms with Crippen molar-refractivity contribution in [3.63, 3.8) is 0 Å². The van der Waals surface area contributed by atoms with Gasteiger partial charge in [0.1, 0.15) is 10.7 Å². The zero-order chi connectivity index (χ0) is 18.9. The standard InChI is InChI=1S/C17H19Cl2FN4OS/c1-3-17(20,21)8-11-15(25-2)14-12(22-9-10-5-4-6-26-10)7-13(18)23-24(14)16(11)19/h4-7,22H,3,8-9,21H2,1-2H3/t17-/m0/s1. The van der Waals surface area contributed by atoms with Crippen molar-refractivity contribution in [2.45, 2.75) is 32.1 Å². The lowest BCUT2D eigenvalue weighted by molar-refractivity contribution is 0.165. The molecular weight excluding hydrogens is 398 g/mol. The van der Waals surface area contributed by atoms with E-state index >= 15 is 0 Å². The van der Waals surface area contributed by atoms with E-state index in [4.69, 9.17) is 33.7 Å². The molecule has 1 atom stereocenters. The van der Waals surface area contributed by atoms with E-state index in [1.807, 2.05) is 17.5 Å². The lowest BCUT2D eigenvalue weighted by Gasteiger charge is -2.18. The minimum atomic E-state index is -1.89. The zero-order valence-electron chi connectivity index (χ0n) is 14.4. The van der Waals surface area contributed by atoms with Gasteiger partial charge in [0.25, 0.3) is 0 Å². The van der Waals surface area contributed by atoms with Crippen LogP contribution < -0.4 is 15.8 Å². The average molecular weight is 417 g/mol. The molecular formula is C17H19Cl2FN4OS. The first-order chi connectivity index (χ1) is 12.4. The number of aromatic nitrogens is 2.